The van der Waals surface area contributed by atoms with Gasteiger partial charge in [0.15, 0.2) is 0 Å². The Balaban J connectivity index is 1.75. The number of oxime groups is 1. The minimum absolute atomic E-state index is 0.563. The molecule has 22 heavy (non-hydrogen) atoms. The van der Waals surface area contributed by atoms with Gasteiger partial charge in [-0.1, -0.05) is 35.5 Å². The van der Waals surface area contributed by atoms with Gasteiger partial charge >= 0.3 is 0 Å². The van der Waals surface area contributed by atoms with Crippen molar-refractivity contribution in [3.8, 4) is 0 Å². The molecule has 0 aliphatic rings. The van der Waals surface area contributed by atoms with E-state index < -0.39 is 0 Å². The molecule has 2 aromatic heterocycles. The standard InChI is InChI=1S/C18H16N2OS/c1-2-5-16(6-3-1)18(17-7-4-10-19-13-17)20-21-11-8-15-9-12-22-14-15/h1-7,9-10,12-14H,8,11H2. The molecule has 0 saturated heterocycles. The quantitative estimate of drug-likeness (QED) is 0.389. The highest BCUT2D eigenvalue weighted by Crippen LogP contribution is 2.11. The monoisotopic (exact) mass is 308 g/mol. The van der Waals surface area contributed by atoms with Crippen molar-refractivity contribution in [2.75, 3.05) is 6.61 Å². The molecule has 0 atom stereocenters. The van der Waals surface area contributed by atoms with Gasteiger partial charge in [-0.05, 0) is 34.5 Å². The lowest BCUT2D eigenvalue weighted by atomic mass is 10.0. The number of thiophene rings is 1. The number of nitrogens with zero attached hydrogens (tertiary/aromatic N) is 2. The van der Waals surface area contributed by atoms with E-state index in [0.717, 1.165) is 23.3 Å². The smallest absolute Gasteiger partial charge is 0.121 e. The molecule has 0 fully saturated rings. The van der Waals surface area contributed by atoms with Crippen LogP contribution in [0.15, 0.2) is 76.8 Å². The fourth-order valence-electron chi connectivity index (χ4n) is 2.08. The summed E-state index contributed by atoms with van der Waals surface area (Å²) in [7, 11) is 0. The summed E-state index contributed by atoms with van der Waals surface area (Å²) in [5.41, 5.74) is 4.05. The van der Waals surface area contributed by atoms with Crippen molar-refractivity contribution >= 4 is 17.0 Å². The number of hydrogen-bond donors (Lipinski definition) is 0. The molecule has 1 aromatic carbocycles. The predicted octanol–water partition coefficient (Wildman–Crippen LogP) is 4.15. The van der Waals surface area contributed by atoms with E-state index in [9.17, 15) is 0 Å². The SMILES string of the molecule is c1ccc(C(=NOCCc2ccsc2)c2cccnc2)cc1. The average molecular weight is 308 g/mol. The van der Waals surface area contributed by atoms with E-state index in [-0.39, 0.29) is 0 Å². The highest BCUT2D eigenvalue weighted by Gasteiger charge is 2.07. The van der Waals surface area contributed by atoms with Crippen LogP contribution in [0.5, 0.6) is 0 Å². The summed E-state index contributed by atoms with van der Waals surface area (Å²) < 4.78 is 0. The van der Waals surface area contributed by atoms with Crippen LogP contribution >= 0.6 is 11.3 Å². The van der Waals surface area contributed by atoms with E-state index in [1.54, 1.807) is 23.7 Å². The van der Waals surface area contributed by atoms with Gasteiger partial charge in [0.05, 0.1) is 0 Å². The summed E-state index contributed by atoms with van der Waals surface area (Å²) in [6.45, 7) is 0.563. The van der Waals surface area contributed by atoms with Crippen LogP contribution in [0.25, 0.3) is 0 Å². The highest BCUT2D eigenvalue weighted by molar-refractivity contribution is 7.07. The third-order valence-corrected chi connectivity index (χ3v) is 3.93. The largest absolute Gasteiger partial charge is 0.395 e. The van der Waals surface area contributed by atoms with Gasteiger partial charge in [0.1, 0.15) is 12.3 Å². The number of rotatable bonds is 6. The Hall–Kier alpha value is -2.46. The summed E-state index contributed by atoms with van der Waals surface area (Å²) in [5.74, 6) is 0. The lowest BCUT2D eigenvalue weighted by molar-refractivity contribution is 0.148. The van der Waals surface area contributed by atoms with E-state index >= 15 is 0 Å². The third kappa shape index (κ3) is 3.80. The van der Waals surface area contributed by atoms with Crippen LogP contribution in [0.4, 0.5) is 0 Å². The summed E-state index contributed by atoms with van der Waals surface area (Å²) in [4.78, 5) is 9.71. The molecule has 0 spiro atoms. The van der Waals surface area contributed by atoms with E-state index in [0.29, 0.717) is 6.61 Å². The molecule has 110 valence electrons. The summed E-state index contributed by atoms with van der Waals surface area (Å²) in [6.07, 6.45) is 4.42. The first-order valence-corrected chi connectivity index (χ1v) is 8.04. The molecule has 0 N–H and O–H groups in total. The Morgan fingerprint density at radius 3 is 2.64 bits per heavy atom. The molecule has 0 radical (unpaired) electrons. The van der Waals surface area contributed by atoms with Gasteiger partial charge in [-0.25, -0.2) is 0 Å². The Labute approximate surface area is 133 Å². The van der Waals surface area contributed by atoms with Crippen LogP contribution < -0.4 is 0 Å². The first-order chi connectivity index (χ1) is 10.9. The van der Waals surface area contributed by atoms with Crippen LogP contribution in [-0.4, -0.2) is 17.3 Å². The number of aromatic nitrogens is 1. The highest BCUT2D eigenvalue weighted by atomic mass is 32.1. The molecule has 0 aliphatic heterocycles. The molecule has 3 aromatic rings. The molecular weight excluding hydrogens is 292 g/mol. The van der Waals surface area contributed by atoms with E-state index in [4.69, 9.17) is 4.84 Å². The van der Waals surface area contributed by atoms with Gasteiger partial charge in [0.25, 0.3) is 0 Å². The van der Waals surface area contributed by atoms with Crippen molar-refractivity contribution in [3.05, 3.63) is 88.4 Å². The van der Waals surface area contributed by atoms with Crippen molar-refractivity contribution in [2.45, 2.75) is 6.42 Å². The lowest BCUT2D eigenvalue weighted by Gasteiger charge is -2.07. The molecule has 0 aliphatic carbocycles. The molecule has 0 unspecified atom stereocenters. The molecule has 2 heterocycles. The van der Waals surface area contributed by atoms with E-state index in [2.05, 4.69) is 27.0 Å². The molecular formula is C18H16N2OS. The first kappa shape index (κ1) is 14.5. The summed E-state index contributed by atoms with van der Waals surface area (Å²) >= 11 is 1.70. The Morgan fingerprint density at radius 2 is 1.91 bits per heavy atom. The average Bonchev–Trinajstić information content (AvgIpc) is 3.10. The minimum Gasteiger partial charge on any atom is -0.395 e. The molecule has 0 saturated carbocycles. The number of benzene rings is 1. The van der Waals surface area contributed by atoms with Crippen LogP contribution in [-0.2, 0) is 11.3 Å². The van der Waals surface area contributed by atoms with Crippen molar-refractivity contribution in [3.63, 3.8) is 0 Å². The lowest BCUT2D eigenvalue weighted by Crippen LogP contribution is -2.05. The van der Waals surface area contributed by atoms with Crippen molar-refractivity contribution in [2.24, 2.45) is 5.16 Å². The Bertz CT molecular complexity index is 668. The van der Waals surface area contributed by atoms with Crippen LogP contribution in [0.1, 0.15) is 16.7 Å². The van der Waals surface area contributed by atoms with E-state index in [1.807, 2.05) is 42.5 Å². The van der Waals surface area contributed by atoms with Crippen LogP contribution in [0.2, 0.25) is 0 Å². The molecule has 3 rings (SSSR count). The summed E-state index contributed by atoms with van der Waals surface area (Å²) in [5, 5.41) is 8.55. The van der Waals surface area contributed by atoms with Crippen molar-refractivity contribution < 1.29 is 4.84 Å². The Kier molecular flexibility index (Phi) is 4.95. The van der Waals surface area contributed by atoms with E-state index in [1.165, 1.54) is 5.56 Å². The van der Waals surface area contributed by atoms with Crippen LogP contribution in [0.3, 0.4) is 0 Å². The van der Waals surface area contributed by atoms with Gasteiger partial charge in [-0.15, -0.1) is 0 Å². The molecule has 0 amide bonds. The van der Waals surface area contributed by atoms with Gasteiger partial charge in [0, 0.05) is 29.9 Å². The van der Waals surface area contributed by atoms with Crippen LogP contribution in [0, 0.1) is 0 Å². The van der Waals surface area contributed by atoms with Gasteiger partial charge in [-0.2, -0.15) is 11.3 Å². The van der Waals surface area contributed by atoms with Gasteiger partial charge < -0.3 is 4.84 Å². The molecule has 0 bridgehead atoms. The van der Waals surface area contributed by atoms with Crippen molar-refractivity contribution in [1.82, 2.24) is 4.98 Å². The van der Waals surface area contributed by atoms with Gasteiger partial charge in [0.2, 0.25) is 0 Å². The number of hydrogen-bond acceptors (Lipinski definition) is 4. The maximum absolute atomic E-state index is 5.54. The minimum atomic E-state index is 0.563. The fourth-order valence-corrected chi connectivity index (χ4v) is 2.78. The first-order valence-electron chi connectivity index (χ1n) is 7.10. The second kappa shape index (κ2) is 7.52. The fraction of sp³-hybridized carbons (Fsp3) is 0.111. The summed E-state index contributed by atoms with van der Waals surface area (Å²) in [6, 6.07) is 16.0. The maximum Gasteiger partial charge on any atom is 0.121 e. The molecule has 3 nitrogen and oxygen atoms in total. The Morgan fingerprint density at radius 1 is 1.05 bits per heavy atom. The second-order valence-electron chi connectivity index (χ2n) is 4.76. The predicted molar refractivity (Wildman–Crippen MR) is 90.3 cm³/mol. The zero-order valence-electron chi connectivity index (χ0n) is 12.1. The zero-order chi connectivity index (χ0) is 15.0. The van der Waals surface area contributed by atoms with Gasteiger partial charge in [-0.3, -0.25) is 4.98 Å². The van der Waals surface area contributed by atoms with Crippen molar-refractivity contribution in [1.29, 1.82) is 0 Å². The zero-order valence-corrected chi connectivity index (χ0v) is 12.9. The third-order valence-electron chi connectivity index (χ3n) is 3.20. The second-order valence-corrected chi connectivity index (χ2v) is 5.54. The number of pyridine rings is 1. The molecule has 4 heteroatoms. The topological polar surface area (TPSA) is 34.5 Å². The maximum atomic E-state index is 5.54. The normalized spacial score (nSPS) is 11.4.